The zero-order chi connectivity index (χ0) is 14.4. The van der Waals surface area contributed by atoms with Crippen LogP contribution in [0.5, 0.6) is 5.75 Å². The summed E-state index contributed by atoms with van der Waals surface area (Å²) in [6.45, 7) is 0.741. The van der Waals surface area contributed by atoms with Crippen LogP contribution >= 0.6 is 11.6 Å². The van der Waals surface area contributed by atoms with Gasteiger partial charge in [-0.25, -0.2) is 0 Å². The number of aliphatic hydroxyl groups is 1. The molecule has 114 valence electrons. The van der Waals surface area contributed by atoms with Gasteiger partial charge in [-0.1, -0.05) is 18.0 Å². The zero-order valence-electron chi connectivity index (χ0n) is 12.4. The van der Waals surface area contributed by atoms with Gasteiger partial charge in [0, 0.05) is 17.9 Å². The van der Waals surface area contributed by atoms with Crippen molar-refractivity contribution in [3.63, 3.8) is 0 Å². The van der Waals surface area contributed by atoms with E-state index in [1.165, 1.54) is 31.2 Å². The summed E-state index contributed by atoms with van der Waals surface area (Å²) in [6, 6.07) is 3.96. The molecule has 0 amide bonds. The normalized spacial score (nSPS) is 31.2. The van der Waals surface area contributed by atoms with Crippen LogP contribution in [0.2, 0.25) is 5.02 Å². The van der Waals surface area contributed by atoms with Crippen molar-refractivity contribution in [3.05, 3.63) is 28.3 Å². The van der Waals surface area contributed by atoms with Gasteiger partial charge in [0.05, 0.1) is 12.7 Å². The van der Waals surface area contributed by atoms with Crippen LogP contribution in [0.25, 0.3) is 0 Å². The van der Waals surface area contributed by atoms with Crippen molar-refractivity contribution in [2.75, 3.05) is 6.61 Å². The molecule has 0 saturated heterocycles. The molecule has 3 aliphatic rings. The number of ether oxygens (including phenoxy) is 1. The first-order chi connectivity index (χ1) is 10.2. The number of rotatable bonds is 4. The first-order valence-electron chi connectivity index (χ1n) is 8.31. The number of benzene rings is 1. The van der Waals surface area contributed by atoms with Crippen LogP contribution < -0.4 is 4.74 Å². The number of hydrogen-bond acceptors (Lipinski definition) is 2. The minimum absolute atomic E-state index is 0.263. The summed E-state index contributed by atoms with van der Waals surface area (Å²) < 4.78 is 5.74. The summed E-state index contributed by atoms with van der Waals surface area (Å²) in [6.07, 6.45) is 7.86. The molecular weight excluding hydrogens is 284 g/mol. The van der Waals surface area contributed by atoms with Crippen molar-refractivity contribution in [2.24, 2.45) is 17.8 Å². The van der Waals surface area contributed by atoms with E-state index in [0.717, 1.165) is 53.5 Å². The molecule has 4 rings (SSSR count). The first-order valence-corrected chi connectivity index (χ1v) is 8.69. The maximum Gasteiger partial charge on any atom is 0.126 e. The lowest BCUT2D eigenvalue weighted by Gasteiger charge is -2.24. The van der Waals surface area contributed by atoms with Crippen molar-refractivity contribution < 1.29 is 9.84 Å². The third-order valence-corrected chi connectivity index (χ3v) is 5.96. The van der Waals surface area contributed by atoms with E-state index in [0.29, 0.717) is 6.42 Å². The van der Waals surface area contributed by atoms with Crippen LogP contribution in [0.3, 0.4) is 0 Å². The van der Waals surface area contributed by atoms with Crippen LogP contribution in [-0.4, -0.2) is 17.8 Å². The van der Waals surface area contributed by atoms with Crippen LogP contribution in [-0.2, 0) is 12.8 Å². The maximum atomic E-state index is 10.5. The van der Waals surface area contributed by atoms with Crippen LogP contribution in [0, 0.1) is 17.8 Å². The van der Waals surface area contributed by atoms with Gasteiger partial charge in [-0.2, -0.15) is 0 Å². The average molecular weight is 307 g/mol. The lowest BCUT2D eigenvalue weighted by molar-refractivity contribution is 0.124. The Morgan fingerprint density at radius 3 is 2.95 bits per heavy atom. The number of aliphatic hydroxyl groups excluding tert-OH is 1. The van der Waals surface area contributed by atoms with Gasteiger partial charge in [0.2, 0.25) is 0 Å². The van der Waals surface area contributed by atoms with Crippen molar-refractivity contribution in [1.29, 1.82) is 0 Å². The molecule has 1 heterocycles. The molecule has 2 bridgehead atoms. The minimum atomic E-state index is -0.263. The molecule has 2 nitrogen and oxygen atoms in total. The average Bonchev–Trinajstić information content (AvgIpc) is 3.12. The Kier molecular flexibility index (Phi) is 3.63. The molecule has 1 aromatic carbocycles. The summed E-state index contributed by atoms with van der Waals surface area (Å²) in [7, 11) is 0. The van der Waals surface area contributed by atoms with E-state index >= 15 is 0 Å². The highest BCUT2D eigenvalue weighted by atomic mass is 35.5. The molecule has 1 aliphatic heterocycles. The largest absolute Gasteiger partial charge is 0.493 e. The lowest BCUT2D eigenvalue weighted by atomic mass is 9.83. The fourth-order valence-electron chi connectivity index (χ4n) is 4.85. The second kappa shape index (κ2) is 5.48. The second-order valence-electron chi connectivity index (χ2n) is 7.18. The quantitative estimate of drug-likeness (QED) is 0.911. The predicted molar refractivity (Wildman–Crippen MR) is 83.9 cm³/mol. The summed E-state index contributed by atoms with van der Waals surface area (Å²) in [5, 5.41) is 11.3. The van der Waals surface area contributed by atoms with E-state index in [9.17, 15) is 5.11 Å². The Bertz CT molecular complexity index is 542. The third-order valence-electron chi connectivity index (χ3n) is 5.74. The molecule has 1 aromatic rings. The molecule has 2 aliphatic carbocycles. The highest BCUT2D eigenvalue weighted by molar-refractivity contribution is 6.30. The Balaban J connectivity index is 1.44. The molecule has 3 heteroatoms. The van der Waals surface area contributed by atoms with Gasteiger partial charge in [-0.15, -0.1) is 0 Å². The zero-order valence-corrected chi connectivity index (χ0v) is 13.1. The third kappa shape index (κ3) is 2.68. The van der Waals surface area contributed by atoms with Gasteiger partial charge in [0.1, 0.15) is 5.75 Å². The Labute approximate surface area is 131 Å². The Morgan fingerprint density at radius 2 is 2.19 bits per heavy atom. The van der Waals surface area contributed by atoms with E-state index < -0.39 is 0 Å². The maximum absolute atomic E-state index is 10.5. The van der Waals surface area contributed by atoms with Gasteiger partial charge in [0.15, 0.2) is 0 Å². The second-order valence-corrected chi connectivity index (χ2v) is 7.62. The summed E-state index contributed by atoms with van der Waals surface area (Å²) in [5.74, 6) is 3.55. The fourth-order valence-corrected chi connectivity index (χ4v) is 5.11. The van der Waals surface area contributed by atoms with Crippen molar-refractivity contribution >= 4 is 11.6 Å². The van der Waals surface area contributed by atoms with Crippen molar-refractivity contribution in [3.8, 4) is 5.75 Å². The van der Waals surface area contributed by atoms with Crippen LogP contribution in [0.4, 0.5) is 0 Å². The van der Waals surface area contributed by atoms with Gasteiger partial charge in [-0.05, 0) is 66.7 Å². The molecule has 2 fully saturated rings. The van der Waals surface area contributed by atoms with Crippen LogP contribution in [0.1, 0.15) is 43.2 Å². The molecule has 0 aromatic heterocycles. The number of halogens is 1. The van der Waals surface area contributed by atoms with E-state index in [4.69, 9.17) is 16.3 Å². The molecule has 4 atom stereocenters. The van der Waals surface area contributed by atoms with E-state index in [-0.39, 0.29) is 6.10 Å². The van der Waals surface area contributed by atoms with Gasteiger partial charge < -0.3 is 9.84 Å². The topological polar surface area (TPSA) is 29.5 Å². The molecule has 2 saturated carbocycles. The standard InChI is InChI=1S/C18H23ClO2/c19-16-7-13-3-4-21-18(13)15(8-16)10-17(20)9-14-6-11-1-2-12(14)5-11/h7-8,11-12,14,17,20H,1-6,9-10H2. The number of fused-ring (bicyclic) bond motifs is 3. The smallest absolute Gasteiger partial charge is 0.126 e. The fraction of sp³-hybridized carbons (Fsp3) is 0.667. The summed E-state index contributed by atoms with van der Waals surface area (Å²) >= 11 is 6.20. The van der Waals surface area contributed by atoms with Gasteiger partial charge >= 0.3 is 0 Å². The molecular formula is C18H23ClO2. The predicted octanol–water partition coefficient (Wildman–Crippen LogP) is 4.00. The van der Waals surface area contributed by atoms with Gasteiger partial charge in [0.25, 0.3) is 0 Å². The molecule has 21 heavy (non-hydrogen) atoms. The number of hydrogen-bond donors (Lipinski definition) is 1. The van der Waals surface area contributed by atoms with Gasteiger partial charge in [-0.3, -0.25) is 0 Å². The summed E-state index contributed by atoms with van der Waals surface area (Å²) in [4.78, 5) is 0. The molecule has 1 N–H and O–H groups in total. The van der Waals surface area contributed by atoms with Crippen molar-refractivity contribution in [1.82, 2.24) is 0 Å². The highest BCUT2D eigenvalue weighted by Crippen LogP contribution is 2.50. The first kappa shape index (κ1) is 13.9. The Hall–Kier alpha value is -0.730. The SMILES string of the molecule is OC(Cc1cc(Cl)cc2c1OCC2)CC1CC2CCC1C2. The Morgan fingerprint density at radius 1 is 1.29 bits per heavy atom. The molecule has 4 unspecified atom stereocenters. The van der Waals surface area contributed by atoms with Crippen LogP contribution in [0.15, 0.2) is 12.1 Å². The minimum Gasteiger partial charge on any atom is -0.493 e. The highest BCUT2D eigenvalue weighted by Gasteiger charge is 2.40. The van der Waals surface area contributed by atoms with Crippen molar-refractivity contribution in [2.45, 2.75) is 51.0 Å². The monoisotopic (exact) mass is 306 g/mol. The van der Waals surface area contributed by atoms with E-state index in [1.54, 1.807) is 0 Å². The summed E-state index contributed by atoms with van der Waals surface area (Å²) in [5.41, 5.74) is 2.29. The van der Waals surface area contributed by atoms with E-state index in [1.807, 2.05) is 12.1 Å². The lowest BCUT2D eigenvalue weighted by Crippen LogP contribution is -2.20. The van der Waals surface area contributed by atoms with E-state index in [2.05, 4.69) is 0 Å². The molecule has 0 radical (unpaired) electrons. The molecule has 0 spiro atoms.